The molecule has 3 nitrogen and oxygen atoms in total. The summed E-state index contributed by atoms with van der Waals surface area (Å²) in [5.41, 5.74) is 1.26. The lowest BCUT2D eigenvalue weighted by molar-refractivity contribution is -0.139. The van der Waals surface area contributed by atoms with Crippen LogP contribution in [0, 0.1) is 0 Å². The first kappa shape index (κ1) is 14.8. The highest BCUT2D eigenvalue weighted by Crippen LogP contribution is 2.22. The van der Waals surface area contributed by atoms with Crippen LogP contribution in [0.5, 0.6) is 5.88 Å². The Morgan fingerprint density at radius 3 is 2.50 bits per heavy atom. The fourth-order valence-electron chi connectivity index (χ4n) is 1.31. The Hall–Kier alpha value is -1.30. The number of ether oxygens (including phenoxy) is 1. The van der Waals surface area contributed by atoms with Gasteiger partial charge in [0.25, 0.3) is 0 Å². The van der Waals surface area contributed by atoms with Crippen LogP contribution in [-0.2, 0) is 6.61 Å². The zero-order valence-corrected chi connectivity index (χ0v) is 10.3. The molecule has 0 aliphatic carbocycles. The minimum Gasteiger partial charge on any atom is -0.477 e. The van der Waals surface area contributed by atoms with Crippen LogP contribution < -0.4 is 4.74 Å². The number of alkyl halides is 3. The highest BCUT2D eigenvalue weighted by molar-refractivity contribution is 5.26. The van der Waals surface area contributed by atoms with E-state index in [2.05, 4.69) is 4.98 Å². The van der Waals surface area contributed by atoms with Crippen molar-refractivity contribution in [2.45, 2.75) is 39.0 Å². The summed E-state index contributed by atoms with van der Waals surface area (Å²) in [6.45, 7) is 3.15. The van der Waals surface area contributed by atoms with Crippen molar-refractivity contribution in [2.24, 2.45) is 0 Å². The number of rotatable bonds is 5. The van der Waals surface area contributed by atoms with Crippen LogP contribution in [0.4, 0.5) is 13.2 Å². The van der Waals surface area contributed by atoms with Gasteiger partial charge in [-0.05, 0) is 17.5 Å². The van der Waals surface area contributed by atoms with Crippen molar-refractivity contribution in [1.82, 2.24) is 4.98 Å². The molecule has 0 saturated heterocycles. The van der Waals surface area contributed by atoms with Gasteiger partial charge in [0.1, 0.15) is 0 Å². The van der Waals surface area contributed by atoms with Crippen LogP contribution in [0.3, 0.4) is 0 Å². The highest BCUT2D eigenvalue weighted by atomic mass is 19.4. The van der Waals surface area contributed by atoms with Gasteiger partial charge >= 0.3 is 6.18 Å². The van der Waals surface area contributed by atoms with E-state index in [4.69, 9.17) is 9.84 Å². The maximum atomic E-state index is 12.0. The largest absolute Gasteiger partial charge is 0.477 e. The second kappa shape index (κ2) is 6.04. The van der Waals surface area contributed by atoms with Crippen molar-refractivity contribution in [2.75, 3.05) is 6.61 Å². The quantitative estimate of drug-likeness (QED) is 0.887. The molecule has 0 aromatic carbocycles. The van der Waals surface area contributed by atoms with Crippen molar-refractivity contribution < 1.29 is 23.0 Å². The number of aliphatic hydroxyl groups excluding tert-OH is 1. The Morgan fingerprint density at radius 2 is 2.00 bits per heavy atom. The lowest BCUT2D eigenvalue weighted by Crippen LogP contribution is -2.13. The Morgan fingerprint density at radius 1 is 1.33 bits per heavy atom. The van der Waals surface area contributed by atoms with Crippen LogP contribution >= 0.6 is 0 Å². The Balaban J connectivity index is 2.73. The van der Waals surface area contributed by atoms with Crippen molar-refractivity contribution in [3.05, 3.63) is 23.4 Å². The summed E-state index contributed by atoms with van der Waals surface area (Å²) in [4.78, 5) is 4.10. The van der Waals surface area contributed by atoms with E-state index in [1.165, 1.54) is 6.07 Å². The molecule has 0 unspecified atom stereocenters. The fourth-order valence-corrected chi connectivity index (χ4v) is 1.31. The van der Waals surface area contributed by atoms with Gasteiger partial charge in [-0.3, -0.25) is 0 Å². The molecule has 6 heteroatoms. The summed E-state index contributed by atoms with van der Waals surface area (Å²) in [5, 5.41) is 9.06. The zero-order valence-electron chi connectivity index (χ0n) is 10.3. The zero-order chi connectivity index (χ0) is 13.8. The van der Waals surface area contributed by atoms with E-state index in [-0.39, 0.29) is 18.4 Å². The lowest BCUT2D eigenvalue weighted by atomic mass is 10.1. The molecule has 0 aliphatic rings. The van der Waals surface area contributed by atoms with Crippen molar-refractivity contribution in [3.63, 3.8) is 0 Å². The van der Waals surface area contributed by atoms with Gasteiger partial charge in [-0.25, -0.2) is 4.98 Å². The van der Waals surface area contributed by atoms with Crippen LogP contribution in [0.2, 0.25) is 0 Å². The van der Waals surface area contributed by atoms with Gasteiger partial charge in [-0.2, -0.15) is 13.2 Å². The number of aromatic nitrogens is 1. The number of pyridine rings is 1. The van der Waals surface area contributed by atoms with Crippen molar-refractivity contribution in [3.8, 4) is 5.88 Å². The van der Waals surface area contributed by atoms with E-state index in [0.29, 0.717) is 11.3 Å². The molecule has 102 valence electrons. The summed E-state index contributed by atoms with van der Waals surface area (Å²) < 4.78 is 40.9. The summed E-state index contributed by atoms with van der Waals surface area (Å²) in [7, 11) is 0. The Bertz CT molecular complexity index is 391. The molecular weight excluding hydrogens is 247 g/mol. The van der Waals surface area contributed by atoms with Crippen molar-refractivity contribution in [1.29, 1.82) is 0 Å². The van der Waals surface area contributed by atoms with Crippen LogP contribution in [0.15, 0.2) is 12.1 Å². The third kappa shape index (κ3) is 4.91. The Labute approximate surface area is 104 Å². The first-order valence-corrected chi connectivity index (χ1v) is 5.63. The molecule has 0 radical (unpaired) electrons. The number of hydrogen-bond donors (Lipinski definition) is 1. The average molecular weight is 263 g/mol. The topological polar surface area (TPSA) is 42.4 Å². The average Bonchev–Trinajstić information content (AvgIpc) is 2.26. The summed E-state index contributed by atoms with van der Waals surface area (Å²) >= 11 is 0. The first-order chi connectivity index (χ1) is 8.31. The van der Waals surface area contributed by atoms with E-state index in [1.807, 2.05) is 13.8 Å². The van der Waals surface area contributed by atoms with Crippen LogP contribution in [0.1, 0.15) is 37.4 Å². The number of nitrogens with zero attached hydrogens (tertiary/aromatic N) is 1. The molecule has 0 amide bonds. The minimum atomic E-state index is -4.24. The van der Waals surface area contributed by atoms with E-state index in [9.17, 15) is 13.2 Å². The van der Waals surface area contributed by atoms with Gasteiger partial charge in [0.15, 0.2) is 0 Å². The second-order valence-corrected chi connectivity index (χ2v) is 4.26. The maximum Gasteiger partial charge on any atom is 0.392 e. The normalized spacial score (nSPS) is 11.9. The third-order valence-corrected chi connectivity index (χ3v) is 2.29. The minimum absolute atomic E-state index is 0.112. The predicted octanol–water partition coefficient (Wildman–Crippen LogP) is 3.03. The monoisotopic (exact) mass is 263 g/mol. The van der Waals surface area contributed by atoms with Gasteiger partial charge < -0.3 is 9.84 Å². The second-order valence-electron chi connectivity index (χ2n) is 4.26. The molecule has 18 heavy (non-hydrogen) atoms. The molecule has 0 bridgehead atoms. The molecule has 1 aromatic rings. The molecule has 1 aromatic heterocycles. The molecule has 0 atom stereocenters. The van der Waals surface area contributed by atoms with Gasteiger partial charge in [0.2, 0.25) is 5.88 Å². The summed E-state index contributed by atoms with van der Waals surface area (Å²) in [5.74, 6) is 0.232. The third-order valence-electron chi connectivity index (χ3n) is 2.29. The van der Waals surface area contributed by atoms with Crippen LogP contribution in [0.25, 0.3) is 0 Å². The molecule has 1 rings (SSSR count). The smallest absolute Gasteiger partial charge is 0.392 e. The van der Waals surface area contributed by atoms with E-state index < -0.39 is 19.2 Å². The molecule has 0 fully saturated rings. The summed E-state index contributed by atoms with van der Waals surface area (Å²) in [6, 6.07) is 3.16. The highest BCUT2D eigenvalue weighted by Gasteiger charge is 2.27. The standard InChI is InChI=1S/C12H16F3NO2/c1-8(2)10-5-9(7-17)6-11(16-10)18-4-3-12(13,14)15/h5-6,8,17H,3-4,7H2,1-2H3. The van der Waals surface area contributed by atoms with Gasteiger partial charge in [0.05, 0.1) is 19.6 Å². The number of aliphatic hydroxyl groups is 1. The molecule has 0 saturated carbocycles. The molecule has 1 N–H and O–H groups in total. The van der Waals surface area contributed by atoms with Gasteiger partial charge in [-0.15, -0.1) is 0 Å². The van der Waals surface area contributed by atoms with Crippen LogP contribution in [-0.4, -0.2) is 22.9 Å². The van der Waals surface area contributed by atoms with E-state index in [0.717, 1.165) is 0 Å². The maximum absolute atomic E-state index is 12.0. The molecule has 0 aliphatic heterocycles. The number of halogens is 3. The first-order valence-electron chi connectivity index (χ1n) is 5.63. The van der Waals surface area contributed by atoms with E-state index >= 15 is 0 Å². The predicted molar refractivity (Wildman–Crippen MR) is 60.4 cm³/mol. The number of hydrogen-bond acceptors (Lipinski definition) is 3. The van der Waals surface area contributed by atoms with Crippen molar-refractivity contribution >= 4 is 0 Å². The van der Waals surface area contributed by atoms with Gasteiger partial charge in [0, 0.05) is 11.8 Å². The fraction of sp³-hybridized carbons (Fsp3) is 0.583. The van der Waals surface area contributed by atoms with E-state index in [1.54, 1.807) is 6.07 Å². The summed E-state index contributed by atoms with van der Waals surface area (Å²) in [6.07, 6.45) is -5.26. The van der Waals surface area contributed by atoms with Gasteiger partial charge in [-0.1, -0.05) is 13.8 Å². The molecule has 0 spiro atoms. The Kier molecular flexibility index (Phi) is 4.95. The molecule has 1 heterocycles. The lowest BCUT2D eigenvalue weighted by Gasteiger charge is -2.12. The molecular formula is C12H16F3NO2. The SMILES string of the molecule is CC(C)c1cc(CO)cc(OCCC(F)(F)F)n1.